The molecule has 0 saturated heterocycles. The van der Waals surface area contributed by atoms with Crippen molar-refractivity contribution in [3.8, 4) is 11.5 Å². The number of carbonyl (C=O) groups excluding carboxylic acids is 2. The average molecular weight is 370 g/mol. The number of carbonyl (C=O) groups is 2. The van der Waals surface area contributed by atoms with Gasteiger partial charge in [-0.05, 0) is 29.3 Å². The molecule has 0 aliphatic heterocycles. The van der Waals surface area contributed by atoms with Crippen molar-refractivity contribution in [1.82, 2.24) is 0 Å². The summed E-state index contributed by atoms with van der Waals surface area (Å²) in [6.45, 7) is 0.110. The van der Waals surface area contributed by atoms with Gasteiger partial charge in [-0.25, -0.2) is 4.79 Å². The van der Waals surface area contributed by atoms with Crippen molar-refractivity contribution in [3.63, 3.8) is 0 Å². The van der Waals surface area contributed by atoms with E-state index < -0.39 is 5.97 Å². The molecule has 2 aromatic carbocycles. The largest absolute Gasteiger partial charge is 0.489 e. The van der Waals surface area contributed by atoms with Crippen LogP contribution in [0.3, 0.4) is 0 Å². The fourth-order valence-electron chi connectivity index (χ4n) is 2.23. The summed E-state index contributed by atoms with van der Waals surface area (Å²) in [7, 11) is 2.61. The highest BCUT2D eigenvalue weighted by Gasteiger charge is 2.09. The summed E-state index contributed by atoms with van der Waals surface area (Å²) in [6.07, 6.45) is 3.91. The topological polar surface area (TPSA) is 71.1 Å². The van der Waals surface area contributed by atoms with Crippen molar-refractivity contribution in [3.05, 3.63) is 65.7 Å². The molecule has 0 atom stereocenters. The molecule has 0 saturated carbocycles. The Balaban J connectivity index is 2.05. The Bertz CT molecular complexity index is 783. The molecule has 0 bridgehead atoms. The van der Waals surface area contributed by atoms with E-state index in [-0.39, 0.29) is 19.0 Å². The van der Waals surface area contributed by atoms with E-state index in [9.17, 15) is 9.59 Å². The molecule has 2 aromatic rings. The van der Waals surface area contributed by atoms with E-state index in [1.165, 1.54) is 14.2 Å². The van der Waals surface area contributed by atoms with Gasteiger partial charge in [-0.2, -0.15) is 0 Å². The van der Waals surface area contributed by atoms with E-state index in [0.29, 0.717) is 23.7 Å². The number of benzene rings is 2. The molecular weight excluding hydrogens is 348 g/mol. The summed E-state index contributed by atoms with van der Waals surface area (Å²) >= 11 is 0. The highest BCUT2D eigenvalue weighted by atomic mass is 16.6. The number of rotatable bonds is 9. The minimum Gasteiger partial charge on any atom is -0.489 e. The standard InChI is InChI=1S/C21H22O6/c1-24-20(22)13-17-11-18(14-19(12-17)27-15-21(23)25-2)26-10-6-9-16-7-4-3-5-8-16/h3-9,11-12,14H,10,13,15H2,1-2H3. The molecule has 0 radical (unpaired) electrons. The number of ether oxygens (including phenoxy) is 4. The Morgan fingerprint density at radius 1 is 0.889 bits per heavy atom. The summed E-state index contributed by atoms with van der Waals surface area (Å²) < 4.78 is 20.4. The lowest BCUT2D eigenvalue weighted by atomic mass is 10.1. The first kappa shape index (κ1) is 20.0. The molecule has 27 heavy (non-hydrogen) atoms. The van der Waals surface area contributed by atoms with Crippen molar-refractivity contribution in [2.75, 3.05) is 27.4 Å². The lowest BCUT2D eigenvalue weighted by Gasteiger charge is -2.11. The van der Waals surface area contributed by atoms with Gasteiger partial charge in [0.15, 0.2) is 6.61 Å². The molecule has 6 heteroatoms. The minimum absolute atomic E-state index is 0.0716. The second-order valence-corrected chi connectivity index (χ2v) is 5.55. The van der Waals surface area contributed by atoms with Crippen LogP contribution in [0.25, 0.3) is 6.08 Å². The molecule has 0 fully saturated rings. The highest BCUT2D eigenvalue weighted by molar-refractivity contribution is 5.73. The van der Waals surface area contributed by atoms with Gasteiger partial charge in [0.05, 0.1) is 20.6 Å². The first-order chi connectivity index (χ1) is 13.1. The van der Waals surface area contributed by atoms with E-state index in [1.54, 1.807) is 18.2 Å². The zero-order valence-corrected chi connectivity index (χ0v) is 15.3. The van der Waals surface area contributed by atoms with Crippen LogP contribution in [0.5, 0.6) is 11.5 Å². The maximum absolute atomic E-state index is 11.5. The molecule has 2 rings (SSSR count). The fraction of sp³-hybridized carbons (Fsp3) is 0.238. The zero-order valence-electron chi connectivity index (χ0n) is 15.3. The van der Waals surface area contributed by atoms with Crippen LogP contribution < -0.4 is 9.47 Å². The smallest absolute Gasteiger partial charge is 0.343 e. The maximum atomic E-state index is 11.5. The number of esters is 2. The van der Waals surface area contributed by atoms with E-state index in [0.717, 1.165) is 5.56 Å². The van der Waals surface area contributed by atoms with Crippen LogP contribution in [0.2, 0.25) is 0 Å². The SMILES string of the molecule is COC(=O)COc1cc(CC(=O)OC)cc(OCC=Cc2ccccc2)c1. The van der Waals surface area contributed by atoms with E-state index >= 15 is 0 Å². The van der Waals surface area contributed by atoms with Gasteiger partial charge < -0.3 is 18.9 Å². The molecule has 0 spiro atoms. The summed E-state index contributed by atoms with van der Waals surface area (Å²) in [6, 6.07) is 14.9. The van der Waals surface area contributed by atoms with Gasteiger partial charge in [0.25, 0.3) is 0 Å². The first-order valence-corrected chi connectivity index (χ1v) is 8.35. The van der Waals surface area contributed by atoms with Crippen molar-refractivity contribution in [2.24, 2.45) is 0 Å². The van der Waals surface area contributed by atoms with Gasteiger partial charge >= 0.3 is 11.9 Å². The predicted octanol–water partition coefficient (Wildman–Crippen LogP) is 3.05. The van der Waals surface area contributed by atoms with Crippen molar-refractivity contribution in [2.45, 2.75) is 6.42 Å². The van der Waals surface area contributed by atoms with Crippen LogP contribution >= 0.6 is 0 Å². The van der Waals surface area contributed by atoms with E-state index in [1.807, 2.05) is 42.5 Å². The lowest BCUT2D eigenvalue weighted by Crippen LogP contribution is -2.13. The summed E-state index contributed by atoms with van der Waals surface area (Å²) in [5.41, 5.74) is 1.73. The molecule has 0 aliphatic rings. The number of methoxy groups -OCH3 is 2. The third-order valence-electron chi connectivity index (χ3n) is 3.56. The zero-order chi connectivity index (χ0) is 19.5. The third-order valence-corrected chi connectivity index (χ3v) is 3.56. The van der Waals surface area contributed by atoms with Crippen LogP contribution in [0.15, 0.2) is 54.6 Å². The Labute approximate surface area is 158 Å². The molecule has 0 amide bonds. The van der Waals surface area contributed by atoms with Gasteiger partial charge in [0.2, 0.25) is 0 Å². The molecule has 0 unspecified atom stereocenters. The van der Waals surface area contributed by atoms with Gasteiger partial charge in [-0.15, -0.1) is 0 Å². The van der Waals surface area contributed by atoms with E-state index in [4.69, 9.17) is 14.2 Å². The summed E-state index contributed by atoms with van der Waals surface area (Å²) in [5.74, 6) is 0.0505. The molecule has 0 heterocycles. The van der Waals surface area contributed by atoms with Crippen LogP contribution in [0.1, 0.15) is 11.1 Å². The van der Waals surface area contributed by atoms with Crippen LogP contribution in [-0.2, 0) is 25.5 Å². The minimum atomic E-state index is -0.498. The molecular formula is C21H22O6. The van der Waals surface area contributed by atoms with Gasteiger partial charge in [0, 0.05) is 6.07 Å². The Hall–Kier alpha value is -3.28. The number of hydrogen-bond acceptors (Lipinski definition) is 6. The average Bonchev–Trinajstić information content (AvgIpc) is 2.70. The fourth-order valence-corrected chi connectivity index (χ4v) is 2.23. The predicted molar refractivity (Wildman–Crippen MR) is 101 cm³/mol. The van der Waals surface area contributed by atoms with Crippen molar-refractivity contribution in [1.29, 1.82) is 0 Å². The Kier molecular flexibility index (Phi) is 7.91. The molecule has 6 nitrogen and oxygen atoms in total. The second kappa shape index (κ2) is 10.7. The third kappa shape index (κ3) is 7.23. The van der Waals surface area contributed by atoms with Crippen LogP contribution in [0, 0.1) is 0 Å². The highest BCUT2D eigenvalue weighted by Crippen LogP contribution is 2.24. The monoisotopic (exact) mass is 370 g/mol. The van der Waals surface area contributed by atoms with Crippen LogP contribution in [0.4, 0.5) is 0 Å². The van der Waals surface area contributed by atoms with Gasteiger partial charge in [0.1, 0.15) is 18.1 Å². The molecule has 0 aromatic heterocycles. The molecule has 142 valence electrons. The first-order valence-electron chi connectivity index (χ1n) is 8.35. The van der Waals surface area contributed by atoms with Crippen LogP contribution in [-0.4, -0.2) is 39.4 Å². The van der Waals surface area contributed by atoms with Crippen molar-refractivity contribution >= 4 is 18.0 Å². The Morgan fingerprint density at radius 3 is 2.22 bits per heavy atom. The van der Waals surface area contributed by atoms with Gasteiger partial charge in [-0.3, -0.25) is 4.79 Å². The lowest BCUT2D eigenvalue weighted by molar-refractivity contribution is -0.143. The summed E-state index contributed by atoms with van der Waals surface area (Å²) in [4.78, 5) is 22.8. The van der Waals surface area contributed by atoms with Gasteiger partial charge in [-0.1, -0.05) is 36.4 Å². The van der Waals surface area contributed by atoms with Crippen molar-refractivity contribution < 1.29 is 28.5 Å². The second-order valence-electron chi connectivity index (χ2n) is 5.55. The number of hydrogen-bond donors (Lipinski definition) is 0. The summed E-state index contributed by atoms with van der Waals surface area (Å²) in [5, 5.41) is 0. The quantitative estimate of drug-likeness (QED) is 0.632. The molecule has 0 aliphatic carbocycles. The maximum Gasteiger partial charge on any atom is 0.343 e. The normalized spacial score (nSPS) is 10.4. The van der Waals surface area contributed by atoms with E-state index in [2.05, 4.69) is 4.74 Å². The Morgan fingerprint density at radius 2 is 1.56 bits per heavy atom. The molecule has 0 N–H and O–H groups in total.